The predicted molar refractivity (Wildman–Crippen MR) is 84.0 cm³/mol. The van der Waals surface area contributed by atoms with E-state index in [1.54, 1.807) is 12.1 Å². The number of nitrogens with one attached hydrogen (secondary N) is 1. The number of halogens is 2. The average Bonchev–Trinajstić information content (AvgIpc) is 2.42. The minimum Gasteiger partial charge on any atom is -0.375 e. The Hall–Kier alpha value is -1.69. The van der Waals surface area contributed by atoms with Crippen LogP contribution < -0.4 is 16.2 Å². The Bertz CT molecular complexity index is 604. The second-order valence-electron chi connectivity index (χ2n) is 4.08. The highest BCUT2D eigenvalue weighted by Gasteiger charge is 2.10. The van der Waals surface area contributed by atoms with Gasteiger partial charge in [0.1, 0.15) is 5.82 Å². The standard InChI is InChI=1S/C14H13ClFN3S/c15-13-4-2-1-3-10(13)9-18-19(14(17)20)12-7-5-11(16)6-8-12/h1-8,18H,9H2,(H2,17,20). The lowest BCUT2D eigenvalue weighted by atomic mass is 10.2. The maximum absolute atomic E-state index is 12.9. The van der Waals surface area contributed by atoms with Gasteiger partial charge in [0, 0.05) is 11.6 Å². The molecule has 0 unspecified atom stereocenters. The first kappa shape index (κ1) is 14.7. The molecule has 6 heteroatoms. The minimum absolute atomic E-state index is 0.142. The van der Waals surface area contributed by atoms with Gasteiger partial charge >= 0.3 is 0 Å². The topological polar surface area (TPSA) is 41.3 Å². The van der Waals surface area contributed by atoms with E-state index in [-0.39, 0.29) is 10.9 Å². The smallest absolute Gasteiger partial charge is 0.185 e. The van der Waals surface area contributed by atoms with Crippen LogP contribution in [0.25, 0.3) is 0 Å². The lowest BCUT2D eigenvalue weighted by Gasteiger charge is -2.24. The van der Waals surface area contributed by atoms with Crippen LogP contribution in [0.1, 0.15) is 5.56 Å². The molecule has 104 valence electrons. The molecule has 0 heterocycles. The van der Waals surface area contributed by atoms with Crippen LogP contribution in [0.2, 0.25) is 5.02 Å². The van der Waals surface area contributed by atoms with Gasteiger partial charge < -0.3 is 5.73 Å². The molecule has 0 spiro atoms. The molecule has 0 saturated heterocycles. The van der Waals surface area contributed by atoms with Crippen LogP contribution in [0.3, 0.4) is 0 Å². The molecular formula is C14H13ClFN3S. The van der Waals surface area contributed by atoms with Crippen molar-refractivity contribution in [3.63, 3.8) is 0 Å². The molecule has 0 aliphatic carbocycles. The van der Waals surface area contributed by atoms with Crippen molar-refractivity contribution in [2.45, 2.75) is 6.54 Å². The van der Waals surface area contributed by atoms with Gasteiger partial charge in [-0.1, -0.05) is 29.8 Å². The highest BCUT2D eigenvalue weighted by atomic mass is 35.5. The number of rotatable bonds is 4. The molecule has 0 aromatic heterocycles. The largest absolute Gasteiger partial charge is 0.375 e. The molecule has 0 saturated carbocycles. The van der Waals surface area contributed by atoms with Crippen LogP contribution in [0, 0.1) is 5.82 Å². The number of nitrogens with zero attached hydrogens (tertiary/aromatic N) is 1. The quantitative estimate of drug-likeness (QED) is 0.672. The molecule has 0 aliphatic heterocycles. The molecule has 2 aromatic rings. The maximum atomic E-state index is 12.9. The van der Waals surface area contributed by atoms with Gasteiger partial charge in [-0.3, -0.25) is 5.01 Å². The van der Waals surface area contributed by atoms with E-state index in [2.05, 4.69) is 5.43 Å². The van der Waals surface area contributed by atoms with Gasteiger partial charge in [-0.15, -0.1) is 0 Å². The number of hydrogen-bond acceptors (Lipinski definition) is 2. The summed E-state index contributed by atoms with van der Waals surface area (Å²) >= 11 is 11.1. The van der Waals surface area contributed by atoms with E-state index < -0.39 is 0 Å². The van der Waals surface area contributed by atoms with E-state index in [1.165, 1.54) is 17.1 Å². The van der Waals surface area contributed by atoms with Crippen LogP contribution in [0.15, 0.2) is 48.5 Å². The van der Waals surface area contributed by atoms with Crippen molar-refractivity contribution in [2.24, 2.45) is 5.73 Å². The van der Waals surface area contributed by atoms with Crippen LogP contribution in [0.4, 0.5) is 10.1 Å². The van der Waals surface area contributed by atoms with Crippen molar-refractivity contribution in [3.8, 4) is 0 Å². The molecule has 2 rings (SSSR count). The Labute approximate surface area is 127 Å². The van der Waals surface area contributed by atoms with Gasteiger partial charge in [-0.05, 0) is 48.1 Å². The number of thiocarbonyl (C=S) groups is 1. The molecule has 0 aliphatic rings. The Balaban J connectivity index is 2.13. The van der Waals surface area contributed by atoms with Crippen molar-refractivity contribution in [1.82, 2.24) is 5.43 Å². The van der Waals surface area contributed by atoms with Crippen molar-refractivity contribution < 1.29 is 4.39 Å². The van der Waals surface area contributed by atoms with Crippen molar-refractivity contribution >= 4 is 34.6 Å². The highest BCUT2D eigenvalue weighted by Crippen LogP contribution is 2.16. The zero-order chi connectivity index (χ0) is 14.5. The Kier molecular flexibility index (Phi) is 4.89. The fourth-order valence-corrected chi connectivity index (χ4v) is 2.07. The summed E-state index contributed by atoms with van der Waals surface area (Å²) in [5, 5.41) is 2.31. The van der Waals surface area contributed by atoms with Gasteiger partial charge in [0.05, 0.1) is 5.69 Å². The van der Waals surface area contributed by atoms with Gasteiger partial charge in [0.25, 0.3) is 0 Å². The first-order valence-electron chi connectivity index (χ1n) is 5.90. The first-order chi connectivity index (χ1) is 9.58. The third kappa shape index (κ3) is 3.66. The second kappa shape index (κ2) is 6.65. The van der Waals surface area contributed by atoms with Gasteiger partial charge in [0.15, 0.2) is 5.11 Å². The van der Waals surface area contributed by atoms with E-state index in [0.717, 1.165) is 5.56 Å². The average molecular weight is 310 g/mol. The Morgan fingerprint density at radius 2 is 1.85 bits per heavy atom. The molecule has 0 amide bonds. The van der Waals surface area contributed by atoms with Crippen LogP contribution in [-0.2, 0) is 6.54 Å². The number of hydrogen-bond donors (Lipinski definition) is 2. The molecule has 0 atom stereocenters. The van der Waals surface area contributed by atoms with E-state index >= 15 is 0 Å². The number of hydrazine groups is 1. The molecule has 2 aromatic carbocycles. The summed E-state index contributed by atoms with van der Waals surface area (Å²) in [6.45, 7) is 0.453. The summed E-state index contributed by atoms with van der Waals surface area (Å²) in [4.78, 5) is 0. The minimum atomic E-state index is -0.317. The molecule has 20 heavy (non-hydrogen) atoms. The molecule has 0 bridgehead atoms. The summed E-state index contributed by atoms with van der Waals surface area (Å²) in [5.74, 6) is -0.317. The summed E-state index contributed by atoms with van der Waals surface area (Å²) < 4.78 is 12.9. The van der Waals surface area contributed by atoms with Crippen molar-refractivity contribution in [2.75, 3.05) is 5.01 Å². The van der Waals surface area contributed by atoms with Gasteiger partial charge in [-0.25, -0.2) is 9.82 Å². The summed E-state index contributed by atoms with van der Waals surface area (Å²) in [5.41, 5.74) is 10.3. The van der Waals surface area contributed by atoms with Crippen molar-refractivity contribution in [1.29, 1.82) is 0 Å². The predicted octanol–water partition coefficient (Wildman–Crippen LogP) is 3.23. The van der Waals surface area contributed by atoms with E-state index in [4.69, 9.17) is 29.6 Å². The monoisotopic (exact) mass is 309 g/mol. The van der Waals surface area contributed by atoms with Crippen LogP contribution >= 0.6 is 23.8 Å². The highest BCUT2D eigenvalue weighted by molar-refractivity contribution is 7.80. The Morgan fingerprint density at radius 3 is 2.45 bits per heavy atom. The zero-order valence-corrected chi connectivity index (χ0v) is 12.1. The maximum Gasteiger partial charge on any atom is 0.185 e. The van der Waals surface area contributed by atoms with Gasteiger partial charge in [-0.2, -0.15) is 0 Å². The number of anilines is 1. The molecule has 0 radical (unpaired) electrons. The fourth-order valence-electron chi connectivity index (χ4n) is 1.69. The summed E-state index contributed by atoms with van der Waals surface area (Å²) in [6.07, 6.45) is 0. The lowest BCUT2D eigenvalue weighted by Crippen LogP contribution is -2.45. The lowest BCUT2D eigenvalue weighted by molar-refractivity contribution is 0.627. The molecular weight excluding hydrogens is 297 g/mol. The second-order valence-corrected chi connectivity index (χ2v) is 4.90. The van der Waals surface area contributed by atoms with E-state index in [9.17, 15) is 4.39 Å². The van der Waals surface area contributed by atoms with E-state index in [0.29, 0.717) is 17.3 Å². The normalized spacial score (nSPS) is 10.3. The fraction of sp³-hybridized carbons (Fsp3) is 0.0714. The van der Waals surface area contributed by atoms with Crippen LogP contribution in [-0.4, -0.2) is 5.11 Å². The molecule has 0 fully saturated rings. The summed E-state index contributed by atoms with van der Waals surface area (Å²) in [6, 6.07) is 13.3. The van der Waals surface area contributed by atoms with Crippen LogP contribution in [0.5, 0.6) is 0 Å². The number of benzene rings is 2. The Morgan fingerprint density at radius 1 is 1.20 bits per heavy atom. The van der Waals surface area contributed by atoms with E-state index in [1.807, 2.05) is 24.3 Å². The van der Waals surface area contributed by atoms with Gasteiger partial charge in [0.2, 0.25) is 0 Å². The van der Waals surface area contributed by atoms with Crippen molar-refractivity contribution in [3.05, 3.63) is 64.9 Å². The molecule has 3 nitrogen and oxygen atoms in total. The SMILES string of the molecule is NC(=S)N(NCc1ccccc1Cl)c1ccc(F)cc1. The third-order valence-electron chi connectivity index (χ3n) is 2.69. The summed E-state index contributed by atoms with van der Waals surface area (Å²) in [7, 11) is 0. The number of nitrogens with two attached hydrogens (primary N) is 1. The molecule has 3 N–H and O–H groups in total. The first-order valence-corrected chi connectivity index (χ1v) is 6.68. The zero-order valence-electron chi connectivity index (χ0n) is 10.5. The third-order valence-corrected chi connectivity index (χ3v) is 3.24.